The molecule has 0 fully saturated rings. The van der Waals surface area contributed by atoms with Crippen molar-refractivity contribution in [3.8, 4) is 0 Å². The highest BCUT2D eigenvalue weighted by Crippen LogP contribution is 2.43. The third-order valence-corrected chi connectivity index (χ3v) is 6.54. The van der Waals surface area contributed by atoms with Crippen LogP contribution in [0.3, 0.4) is 0 Å². The third kappa shape index (κ3) is 24.3. The smallest absolute Gasteiger partial charge is 0.329 e. The van der Waals surface area contributed by atoms with Gasteiger partial charge in [-0.2, -0.15) is 0 Å². The van der Waals surface area contributed by atoms with E-state index in [0.29, 0.717) is 17.6 Å². The van der Waals surface area contributed by atoms with Crippen molar-refractivity contribution < 1.29 is 23.0 Å². The summed E-state index contributed by atoms with van der Waals surface area (Å²) in [5, 5.41) is 0. The van der Waals surface area contributed by atoms with Crippen LogP contribution in [0.2, 0.25) is 0 Å². The molecule has 0 saturated heterocycles. The van der Waals surface area contributed by atoms with E-state index in [-0.39, 0.29) is 6.61 Å². The van der Waals surface area contributed by atoms with Crippen LogP contribution in [0.4, 0.5) is 0 Å². The highest BCUT2D eigenvalue weighted by atomic mass is 31.2. The molecule has 30 heavy (non-hydrogen) atoms. The van der Waals surface area contributed by atoms with Crippen molar-refractivity contribution in [2.45, 2.75) is 116 Å². The van der Waals surface area contributed by atoms with Gasteiger partial charge < -0.3 is 9.38 Å². The molecule has 5 nitrogen and oxygen atoms in total. The number of quaternary nitrogens is 1. The average Bonchev–Trinajstić information content (AvgIpc) is 2.65. The highest BCUT2D eigenvalue weighted by molar-refractivity contribution is 7.47. The maximum atomic E-state index is 11.8. The molecule has 0 aromatic rings. The summed E-state index contributed by atoms with van der Waals surface area (Å²) < 4.78 is 22.5. The van der Waals surface area contributed by atoms with Gasteiger partial charge in [0.15, 0.2) is 0 Å². The molecule has 0 radical (unpaired) electrons. The number of phosphoric acid groups is 1. The summed E-state index contributed by atoms with van der Waals surface area (Å²) in [4.78, 5) is 9.65. The first kappa shape index (κ1) is 30.1. The molecule has 0 heterocycles. The molecule has 0 aromatic carbocycles. The second kappa shape index (κ2) is 19.7. The summed E-state index contributed by atoms with van der Waals surface area (Å²) in [6.45, 7) is 3.49. The van der Waals surface area contributed by atoms with Gasteiger partial charge in [-0.05, 0) is 6.42 Å². The van der Waals surface area contributed by atoms with Crippen LogP contribution in [0.15, 0.2) is 0 Å². The number of unbranched alkanes of at least 4 members (excludes halogenated alkanes) is 16. The van der Waals surface area contributed by atoms with Crippen molar-refractivity contribution in [1.29, 1.82) is 0 Å². The first-order valence-corrected chi connectivity index (χ1v) is 14.2. The van der Waals surface area contributed by atoms with Crippen molar-refractivity contribution in [1.82, 2.24) is 0 Å². The lowest BCUT2D eigenvalue weighted by atomic mass is 10.0. The fourth-order valence-corrected chi connectivity index (χ4v) is 4.22. The lowest BCUT2D eigenvalue weighted by molar-refractivity contribution is -0.870. The van der Waals surface area contributed by atoms with Crippen molar-refractivity contribution >= 4 is 7.82 Å². The van der Waals surface area contributed by atoms with Crippen molar-refractivity contribution in [3.05, 3.63) is 0 Å². The first-order chi connectivity index (χ1) is 14.3. The normalized spacial score (nSPS) is 14.2. The predicted molar refractivity (Wildman–Crippen MR) is 129 cm³/mol. The van der Waals surface area contributed by atoms with Crippen LogP contribution in [-0.2, 0) is 13.6 Å². The second-order valence-electron chi connectivity index (χ2n) is 9.81. The molecule has 1 unspecified atom stereocenters. The molecule has 0 rings (SSSR count). The van der Waals surface area contributed by atoms with E-state index in [1.807, 2.05) is 21.1 Å². The minimum atomic E-state index is -3.88. The van der Waals surface area contributed by atoms with Gasteiger partial charge in [0.2, 0.25) is 0 Å². The monoisotopic (exact) mass is 450 g/mol. The summed E-state index contributed by atoms with van der Waals surface area (Å²) in [6, 6.07) is 0. The van der Waals surface area contributed by atoms with Gasteiger partial charge >= 0.3 is 7.82 Å². The van der Waals surface area contributed by atoms with Gasteiger partial charge in [-0.3, -0.25) is 9.05 Å². The standard InChI is InChI=1S/C24H52NO4P/c1-5-6-7-8-9-10-11-12-13-14-15-16-17-18-19-20-21-23-28-30(26,27)29-24-22-25(2,3)4/h5-24H2,1-4H3/p+1. The summed E-state index contributed by atoms with van der Waals surface area (Å²) in [6.07, 6.45) is 22.5. The van der Waals surface area contributed by atoms with Gasteiger partial charge in [0, 0.05) is 0 Å². The molecule has 0 amide bonds. The number of phosphoric ester groups is 1. The molecule has 0 aliphatic carbocycles. The molecular weight excluding hydrogens is 397 g/mol. The molecule has 0 aromatic heterocycles. The van der Waals surface area contributed by atoms with E-state index in [1.54, 1.807) is 0 Å². The maximum absolute atomic E-state index is 11.8. The Hall–Kier alpha value is 0.0700. The number of hydrogen-bond donors (Lipinski definition) is 1. The van der Waals surface area contributed by atoms with Gasteiger partial charge in [-0.1, -0.05) is 110 Å². The number of hydrogen-bond acceptors (Lipinski definition) is 3. The zero-order chi connectivity index (χ0) is 22.6. The van der Waals surface area contributed by atoms with Gasteiger partial charge in [-0.15, -0.1) is 0 Å². The van der Waals surface area contributed by atoms with Crippen LogP contribution in [0.25, 0.3) is 0 Å². The quantitative estimate of drug-likeness (QED) is 0.0996. The highest BCUT2D eigenvalue weighted by Gasteiger charge is 2.21. The third-order valence-electron chi connectivity index (χ3n) is 5.52. The largest absolute Gasteiger partial charge is 0.472 e. The van der Waals surface area contributed by atoms with Gasteiger partial charge in [0.05, 0.1) is 27.7 Å². The van der Waals surface area contributed by atoms with E-state index in [4.69, 9.17) is 9.05 Å². The van der Waals surface area contributed by atoms with Crippen LogP contribution in [0, 0.1) is 0 Å². The van der Waals surface area contributed by atoms with Crippen LogP contribution in [0.1, 0.15) is 116 Å². The van der Waals surface area contributed by atoms with Crippen molar-refractivity contribution in [2.24, 2.45) is 0 Å². The number of likely N-dealkylation sites (N-methyl/N-ethyl adjacent to an activating group) is 1. The Kier molecular flexibility index (Phi) is 19.8. The van der Waals surface area contributed by atoms with Gasteiger partial charge in [0.1, 0.15) is 13.2 Å². The van der Waals surface area contributed by atoms with E-state index >= 15 is 0 Å². The topological polar surface area (TPSA) is 55.8 Å². The predicted octanol–water partition coefficient (Wildman–Crippen LogP) is 7.48. The molecule has 182 valence electrons. The molecule has 0 saturated carbocycles. The summed E-state index contributed by atoms with van der Waals surface area (Å²) in [7, 11) is 2.17. The van der Waals surface area contributed by atoms with E-state index < -0.39 is 7.82 Å². The summed E-state index contributed by atoms with van der Waals surface area (Å²) in [5.74, 6) is 0. The fraction of sp³-hybridized carbons (Fsp3) is 1.00. The zero-order valence-corrected chi connectivity index (χ0v) is 21.6. The average molecular weight is 451 g/mol. The van der Waals surface area contributed by atoms with Crippen LogP contribution < -0.4 is 0 Å². The Morgan fingerprint density at radius 1 is 0.600 bits per heavy atom. The first-order valence-electron chi connectivity index (χ1n) is 12.7. The Balaban J connectivity index is 3.26. The van der Waals surface area contributed by atoms with E-state index in [0.717, 1.165) is 12.8 Å². The lowest BCUT2D eigenvalue weighted by Crippen LogP contribution is -2.37. The molecular formula is C24H53NO4P+. The Bertz CT molecular complexity index is 413. The van der Waals surface area contributed by atoms with E-state index in [9.17, 15) is 9.46 Å². The minimum absolute atomic E-state index is 0.232. The van der Waals surface area contributed by atoms with Crippen molar-refractivity contribution in [2.75, 3.05) is 40.9 Å². The summed E-state index contributed by atoms with van der Waals surface area (Å²) in [5.41, 5.74) is 0. The molecule has 6 heteroatoms. The molecule has 1 atom stereocenters. The van der Waals surface area contributed by atoms with Gasteiger partial charge in [-0.25, -0.2) is 4.57 Å². The molecule has 1 N–H and O–H groups in total. The summed E-state index contributed by atoms with van der Waals surface area (Å²) >= 11 is 0. The second-order valence-corrected chi connectivity index (χ2v) is 11.3. The molecule has 0 aliphatic rings. The van der Waals surface area contributed by atoms with Crippen molar-refractivity contribution in [3.63, 3.8) is 0 Å². The Morgan fingerprint density at radius 2 is 0.933 bits per heavy atom. The zero-order valence-electron chi connectivity index (χ0n) is 20.7. The van der Waals surface area contributed by atoms with E-state index in [1.165, 1.54) is 96.3 Å². The molecule has 0 aliphatic heterocycles. The Labute approximate surface area is 188 Å². The lowest BCUT2D eigenvalue weighted by Gasteiger charge is -2.24. The molecule has 0 spiro atoms. The molecule has 0 bridgehead atoms. The van der Waals surface area contributed by atoms with Gasteiger partial charge in [0.25, 0.3) is 0 Å². The van der Waals surface area contributed by atoms with Crippen LogP contribution in [0.5, 0.6) is 0 Å². The van der Waals surface area contributed by atoms with Crippen LogP contribution >= 0.6 is 7.82 Å². The number of nitrogens with zero attached hydrogens (tertiary/aromatic N) is 1. The fourth-order valence-electron chi connectivity index (χ4n) is 3.47. The Morgan fingerprint density at radius 3 is 1.30 bits per heavy atom. The van der Waals surface area contributed by atoms with E-state index in [2.05, 4.69) is 6.92 Å². The SMILES string of the molecule is CCCCCCCCCCCCCCCCCCCOP(=O)(O)OCC[N+](C)(C)C. The number of rotatable bonds is 23. The minimum Gasteiger partial charge on any atom is -0.329 e. The van der Waals surface area contributed by atoms with Crippen LogP contribution in [-0.4, -0.2) is 50.3 Å². The maximum Gasteiger partial charge on any atom is 0.472 e.